The van der Waals surface area contributed by atoms with Gasteiger partial charge in [-0.05, 0) is 60.9 Å². The SMILES string of the molecule is CC(Cc1ccc(OCCCN(Cc2ccccc2)C(=O)Nc2ccccc2)cc1)(Oc1ccccc1)C(=O)O. The van der Waals surface area contributed by atoms with Crippen molar-refractivity contribution in [3.8, 4) is 11.5 Å². The topological polar surface area (TPSA) is 88.1 Å². The van der Waals surface area contributed by atoms with E-state index >= 15 is 0 Å². The van der Waals surface area contributed by atoms with Crippen molar-refractivity contribution < 1.29 is 24.2 Å². The number of aliphatic carboxylic acids is 1. The molecular weight excluding hydrogens is 504 g/mol. The molecule has 206 valence electrons. The van der Waals surface area contributed by atoms with Crippen LogP contribution < -0.4 is 14.8 Å². The summed E-state index contributed by atoms with van der Waals surface area (Å²) < 4.78 is 11.8. The standard InChI is InChI=1S/C33H34N2O5/c1-33(31(36)37,40-30-16-9-4-10-17-30)24-26-18-20-29(21-19-26)39-23-11-22-35(25-27-12-5-2-6-13-27)32(38)34-28-14-7-3-8-15-28/h2-10,12-21H,11,22-25H2,1H3,(H,34,38)(H,36,37). The van der Waals surface area contributed by atoms with Crippen molar-refractivity contribution in [2.45, 2.75) is 31.9 Å². The molecule has 2 amide bonds. The van der Waals surface area contributed by atoms with Crippen LogP contribution in [0.5, 0.6) is 11.5 Å². The van der Waals surface area contributed by atoms with Crippen LogP contribution in [0.4, 0.5) is 10.5 Å². The van der Waals surface area contributed by atoms with E-state index in [0.29, 0.717) is 37.6 Å². The Balaban J connectivity index is 1.30. The fourth-order valence-corrected chi connectivity index (χ4v) is 4.22. The van der Waals surface area contributed by atoms with Gasteiger partial charge in [0.25, 0.3) is 0 Å². The highest BCUT2D eigenvalue weighted by atomic mass is 16.5. The molecule has 0 fully saturated rings. The fourth-order valence-electron chi connectivity index (χ4n) is 4.22. The van der Waals surface area contributed by atoms with Gasteiger partial charge in [0.15, 0.2) is 0 Å². The lowest BCUT2D eigenvalue weighted by Gasteiger charge is -2.26. The van der Waals surface area contributed by atoms with Crippen LogP contribution >= 0.6 is 0 Å². The summed E-state index contributed by atoms with van der Waals surface area (Å²) in [7, 11) is 0. The van der Waals surface area contributed by atoms with E-state index in [1.165, 1.54) is 0 Å². The molecule has 0 radical (unpaired) electrons. The number of nitrogens with one attached hydrogen (secondary N) is 1. The zero-order valence-electron chi connectivity index (χ0n) is 22.5. The Kier molecular flexibility index (Phi) is 9.77. The molecule has 0 aliphatic carbocycles. The van der Waals surface area contributed by atoms with Gasteiger partial charge in [-0.3, -0.25) is 0 Å². The van der Waals surface area contributed by atoms with Crippen molar-refractivity contribution in [2.75, 3.05) is 18.5 Å². The van der Waals surface area contributed by atoms with Gasteiger partial charge in [0.05, 0.1) is 6.61 Å². The summed E-state index contributed by atoms with van der Waals surface area (Å²) >= 11 is 0. The molecule has 4 aromatic carbocycles. The van der Waals surface area contributed by atoms with Crippen LogP contribution in [0.1, 0.15) is 24.5 Å². The number of ether oxygens (including phenoxy) is 2. The van der Waals surface area contributed by atoms with Crippen LogP contribution in [-0.4, -0.2) is 40.8 Å². The summed E-state index contributed by atoms with van der Waals surface area (Å²) in [4.78, 5) is 26.8. The van der Waals surface area contributed by atoms with Crippen molar-refractivity contribution in [3.63, 3.8) is 0 Å². The Morgan fingerprint density at radius 3 is 2.00 bits per heavy atom. The summed E-state index contributed by atoms with van der Waals surface area (Å²) in [5.41, 5.74) is 1.20. The van der Waals surface area contributed by atoms with Crippen molar-refractivity contribution in [2.24, 2.45) is 0 Å². The van der Waals surface area contributed by atoms with Crippen LogP contribution in [0.25, 0.3) is 0 Å². The maximum Gasteiger partial charge on any atom is 0.348 e. The molecule has 2 N–H and O–H groups in total. The Hall–Kier alpha value is -4.78. The predicted molar refractivity (Wildman–Crippen MR) is 156 cm³/mol. The number of carboxylic acids is 1. The molecule has 0 saturated carbocycles. The van der Waals surface area contributed by atoms with Gasteiger partial charge in [-0.1, -0.05) is 78.9 Å². The highest BCUT2D eigenvalue weighted by Crippen LogP contribution is 2.24. The molecule has 4 aromatic rings. The smallest absolute Gasteiger partial charge is 0.348 e. The fraction of sp³-hybridized carbons (Fsp3) is 0.212. The number of nitrogens with zero attached hydrogens (tertiary/aromatic N) is 1. The number of hydrogen-bond donors (Lipinski definition) is 2. The second-order valence-corrected chi connectivity index (χ2v) is 9.68. The normalized spacial score (nSPS) is 12.1. The van der Waals surface area contributed by atoms with Gasteiger partial charge in [0.1, 0.15) is 11.5 Å². The number of carbonyl (C=O) groups is 2. The van der Waals surface area contributed by atoms with Gasteiger partial charge in [0.2, 0.25) is 5.60 Å². The van der Waals surface area contributed by atoms with E-state index in [4.69, 9.17) is 9.47 Å². The molecular formula is C33H34N2O5. The van der Waals surface area contributed by atoms with Gasteiger partial charge >= 0.3 is 12.0 Å². The van der Waals surface area contributed by atoms with Gasteiger partial charge in [-0.15, -0.1) is 0 Å². The zero-order valence-corrected chi connectivity index (χ0v) is 22.5. The van der Waals surface area contributed by atoms with Crippen LogP contribution in [0.15, 0.2) is 115 Å². The largest absolute Gasteiger partial charge is 0.494 e. The van der Waals surface area contributed by atoms with E-state index in [9.17, 15) is 14.7 Å². The van der Waals surface area contributed by atoms with Gasteiger partial charge in [0, 0.05) is 25.2 Å². The summed E-state index contributed by atoms with van der Waals surface area (Å²) in [6.07, 6.45) is 0.835. The Morgan fingerprint density at radius 1 is 0.775 bits per heavy atom. The quantitative estimate of drug-likeness (QED) is 0.186. The second-order valence-electron chi connectivity index (χ2n) is 9.68. The van der Waals surface area contributed by atoms with E-state index in [-0.39, 0.29) is 12.5 Å². The Morgan fingerprint density at radius 2 is 1.38 bits per heavy atom. The number of urea groups is 1. The number of anilines is 1. The maximum atomic E-state index is 13.0. The summed E-state index contributed by atoms with van der Waals surface area (Å²) in [5.74, 6) is 0.146. The van der Waals surface area contributed by atoms with Crippen LogP contribution in [0.2, 0.25) is 0 Å². The van der Waals surface area contributed by atoms with Crippen LogP contribution in [-0.2, 0) is 17.8 Å². The Bertz CT molecular complexity index is 1350. The Labute approximate surface area is 235 Å². The number of amides is 2. The van der Waals surface area contributed by atoms with Crippen molar-refractivity contribution in [1.29, 1.82) is 0 Å². The van der Waals surface area contributed by atoms with Crippen molar-refractivity contribution >= 4 is 17.7 Å². The van der Waals surface area contributed by atoms with E-state index < -0.39 is 11.6 Å². The first kappa shape index (κ1) is 28.2. The molecule has 0 aliphatic rings. The van der Waals surface area contributed by atoms with Crippen molar-refractivity contribution in [3.05, 3.63) is 126 Å². The summed E-state index contributed by atoms with van der Waals surface area (Å²) in [6.45, 7) is 3.00. The molecule has 7 heteroatoms. The molecule has 1 atom stereocenters. The molecule has 0 heterocycles. The third-order valence-electron chi connectivity index (χ3n) is 6.37. The van der Waals surface area contributed by atoms with Crippen LogP contribution in [0.3, 0.4) is 0 Å². The maximum absolute atomic E-state index is 13.0. The molecule has 0 aromatic heterocycles. The van der Waals surface area contributed by atoms with Gasteiger partial charge in [-0.2, -0.15) is 0 Å². The van der Waals surface area contributed by atoms with Crippen LogP contribution in [0, 0.1) is 0 Å². The molecule has 0 bridgehead atoms. The minimum atomic E-state index is -1.41. The third kappa shape index (κ3) is 8.36. The molecule has 0 spiro atoms. The van der Waals surface area contributed by atoms with Gasteiger partial charge in [-0.25, -0.2) is 9.59 Å². The highest BCUT2D eigenvalue weighted by molar-refractivity contribution is 5.89. The number of hydrogen-bond acceptors (Lipinski definition) is 4. The van der Waals surface area contributed by atoms with E-state index in [1.807, 2.05) is 91.0 Å². The first-order valence-electron chi connectivity index (χ1n) is 13.3. The number of para-hydroxylation sites is 2. The number of carbonyl (C=O) groups excluding carboxylic acids is 1. The molecule has 0 saturated heterocycles. The summed E-state index contributed by atoms with van der Waals surface area (Å²) in [6, 6.07) is 35.4. The lowest BCUT2D eigenvalue weighted by atomic mass is 9.96. The molecule has 7 nitrogen and oxygen atoms in total. The van der Waals surface area contributed by atoms with Crippen molar-refractivity contribution in [1.82, 2.24) is 4.90 Å². The van der Waals surface area contributed by atoms with E-state index in [2.05, 4.69) is 5.32 Å². The molecule has 4 rings (SSSR count). The van der Waals surface area contributed by atoms with E-state index in [1.54, 1.807) is 36.1 Å². The average Bonchev–Trinajstić information content (AvgIpc) is 2.97. The molecule has 40 heavy (non-hydrogen) atoms. The molecule has 1 unspecified atom stereocenters. The van der Waals surface area contributed by atoms with E-state index in [0.717, 1.165) is 16.8 Å². The lowest BCUT2D eigenvalue weighted by Crippen LogP contribution is -2.43. The third-order valence-corrected chi connectivity index (χ3v) is 6.37. The highest BCUT2D eigenvalue weighted by Gasteiger charge is 2.36. The van der Waals surface area contributed by atoms with Gasteiger partial charge < -0.3 is 24.8 Å². The minimum absolute atomic E-state index is 0.168. The number of benzene rings is 4. The second kappa shape index (κ2) is 13.8. The lowest BCUT2D eigenvalue weighted by molar-refractivity contribution is -0.153. The average molecular weight is 539 g/mol. The minimum Gasteiger partial charge on any atom is -0.494 e. The summed E-state index contributed by atoms with van der Waals surface area (Å²) in [5, 5.41) is 12.8. The molecule has 0 aliphatic heterocycles. The first-order chi connectivity index (χ1) is 19.4. The predicted octanol–water partition coefficient (Wildman–Crippen LogP) is 6.65. The zero-order chi connectivity index (χ0) is 28.2. The number of carboxylic acid groups (broad SMARTS) is 1. The first-order valence-corrected chi connectivity index (χ1v) is 13.3. The monoisotopic (exact) mass is 538 g/mol. The number of rotatable bonds is 13.